The molecule has 3 nitrogen and oxygen atoms in total. The van der Waals surface area contributed by atoms with Crippen LogP contribution < -0.4 is 0 Å². The van der Waals surface area contributed by atoms with Crippen molar-refractivity contribution in [2.45, 2.75) is 9.79 Å². The Kier molecular flexibility index (Phi) is 3.58. The van der Waals surface area contributed by atoms with Crippen molar-refractivity contribution >= 4 is 42.4 Å². The second kappa shape index (κ2) is 6.33. The summed E-state index contributed by atoms with van der Waals surface area (Å²) in [5, 5.41) is 4.75. The van der Waals surface area contributed by atoms with Crippen LogP contribution in [-0.4, -0.2) is 13.0 Å². The molecule has 0 bridgehead atoms. The van der Waals surface area contributed by atoms with E-state index < -0.39 is 9.84 Å². The summed E-state index contributed by atoms with van der Waals surface area (Å²) in [5.74, 6) is 0. The van der Waals surface area contributed by atoms with Crippen LogP contribution in [0.1, 0.15) is 0 Å². The molecule has 2 heterocycles. The Hall–Kier alpha value is -3.89. The van der Waals surface area contributed by atoms with Crippen molar-refractivity contribution in [2.75, 3.05) is 0 Å². The van der Waals surface area contributed by atoms with Crippen LogP contribution in [0, 0.1) is 0 Å². The van der Waals surface area contributed by atoms with Crippen molar-refractivity contribution < 1.29 is 8.42 Å². The molecule has 0 amide bonds. The Labute approximate surface area is 191 Å². The standard InChI is InChI=1S/C29H19NO2S/c1-30-24-11-6-10-21(29(24)28-20-8-3-2-7-18(20)14-16-25(28)30)19-13-15-23-22-9-4-5-12-26(22)33(31,32)27(23)17-19/h2-17H,1H3. The summed E-state index contributed by atoms with van der Waals surface area (Å²) < 4.78 is 28.8. The molecule has 0 spiro atoms. The predicted octanol–water partition coefficient (Wildman–Crippen LogP) is 6.96. The van der Waals surface area contributed by atoms with Gasteiger partial charge in [-0.1, -0.05) is 72.8 Å². The lowest BCUT2D eigenvalue weighted by Crippen LogP contribution is -1.96. The molecule has 4 heteroatoms. The molecule has 0 N–H and O–H groups in total. The number of fused-ring (bicyclic) bond motifs is 8. The van der Waals surface area contributed by atoms with E-state index in [2.05, 4.69) is 72.3 Å². The molecule has 0 fully saturated rings. The van der Waals surface area contributed by atoms with Crippen LogP contribution in [0.3, 0.4) is 0 Å². The number of hydrogen-bond acceptors (Lipinski definition) is 2. The van der Waals surface area contributed by atoms with E-state index in [1.807, 2.05) is 24.3 Å². The van der Waals surface area contributed by atoms with E-state index in [0.717, 1.165) is 38.7 Å². The van der Waals surface area contributed by atoms with Crippen LogP contribution in [0.5, 0.6) is 0 Å². The number of rotatable bonds is 1. The number of aryl methyl sites for hydroxylation is 1. The number of aromatic nitrogens is 1. The van der Waals surface area contributed by atoms with Gasteiger partial charge in [-0.3, -0.25) is 0 Å². The van der Waals surface area contributed by atoms with Crippen molar-refractivity contribution in [1.29, 1.82) is 0 Å². The monoisotopic (exact) mass is 445 g/mol. The quantitative estimate of drug-likeness (QED) is 0.274. The SMILES string of the molecule is Cn1c2cccc(-c3ccc4c(c3)S(=O)(=O)c3ccccc3-4)c2c2c3ccccc3ccc21. The second-order valence-corrected chi connectivity index (χ2v) is 10.5. The molecule has 5 aromatic carbocycles. The fourth-order valence-corrected chi connectivity index (χ4v) is 7.14. The maximum absolute atomic E-state index is 13.3. The van der Waals surface area contributed by atoms with Crippen LogP contribution in [0.25, 0.3) is 54.8 Å². The highest BCUT2D eigenvalue weighted by Crippen LogP contribution is 2.46. The van der Waals surface area contributed by atoms with Crippen molar-refractivity contribution in [3.8, 4) is 22.3 Å². The van der Waals surface area contributed by atoms with E-state index >= 15 is 0 Å². The molecule has 6 aromatic rings. The molecule has 0 saturated carbocycles. The van der Waals surface area contributed by atoms with Crippen LogP contribution in [0.4, 0.5) is 0 Å². The highest BCUT2D eigenvalue weighted by atomic mass is 32.2. The fraction of sp³-hybridized carbons (Fsp3) is 0.0345. The van der Waals surface area contributed by atoms with Gasteiger partial charge in [-0.2, -0.15) is 0 Å². The third-order valence-electron chi connectivity index (χ3n) is 6.97. The van der Waals surface area contributed by atoms with Crippen molar-refractivity contribution in [1.82, 2.24) is 4.57 Å². The van der Waals surface area contributed by atoms with Gasteiger partial charge < -0.3 is 4.57 Å². The third kappa shape index (κ3) is 2.36. The van der Waals surface area contributed by atoms with Gasteiger partial charge in [0.15, 0.2) is 0 Å². The molecular formula is C29H19NO2S. The van der Waals surface area contributed by atoms with E-state index in [9.17, 15) is 8.42 Å². The highest BCUT2D eigenvalue weighted by molar-refractivity contribution is 7.92. The molecular weight excluding hydrogens is 426 g/mol. The topological polar surface area (TPSA) is 39.1 Å². The molecule has 1 aromatic heterocycles. The van der Waals surface area contributed by atoms with E-state index in [4.69, 9.17) is 0 Å². The van der Waals surface area contributed by atoms with Gasteiger partial charge >= 0.3 is 0 Å². The van der Waals surface area contributed by atoms with Gasteiger partial charge in [-0.15, -0.1) is 0 Å². The third-order valence-corrected chi connectivity index (χ3v) is 8.82. The van der Waals surface area contributed by atoms with E-state index in [-0.39, 0.29) is 0 Å². The highest BCUT2D eigenvalue weighted by Gasteiger charge is 2.32. The maximum atomic E-state index is 13.3. The zero-order chi connectivity index (χ0) is 22.3. The van der Waals surface area contributed by atoms with Crippen LogP contribution in [-0.2, 0) is 16.9 Å². The minimum atomic E-state index is -3.53. The number of benzene rings is 5. The van der Waals surface area contributed by atoms with Crippen molar-refractivity contribution in [3.63, 3.8) is 0 Å². The summed E-state index contributed by atoms with van der Waals surface area (Å²) in [5.41, 5.74) is 5.82. The first kappa shape index (κ1) is 18.7. The van der Waals surface area contributed by atoms with Gasteiger partial charge in [0.2, 0.25) is 9.84 Å². The molecule has 158 valence electrons. The maximum Gasteiger partial charge on any atom is 0.207 e. The largest absolute Gasteiger partial charge is 0.344 e. The molecule has 1 aliphatic heterocycles. The summed E-state index contributed by atoms with van der Waals surface area (Å²) in [7, 11) is -1.44. The van der Waals surface area contributed by atoms with E-state index in [1.165, 1.54) is 16.2 Å². The molecule has 0 saturated heterocycles. The molecule has 33 heavy (non-hydrogen) atoms. The van der Waals surface area contributed by atoms with Crippen molar-refractivity contribution in [2.24, 2.45) is 7.05 Å². The lowest BCUT2D eigenvalue weighted by atomic mass is 9.95. The first-order valence-electron chi connectivity index (χ1n) is 10.9. The van der Waals surface area contributed by atoms with Crippen LogP contribution in [0.15, 0.2) is 107 Å². The summed E-state index contributed by atoms with van der Waals surface area (Å²) in [4.78, 5) is 0.787. The minimum Gasteiger partial charge on any atom is -0.344 e. The van der Waals surface area contributed by atoms with Gasteiger partial charge in [0.25, 0.3) is 0 Å². The fourth-order valence-electron chi connectivity index (χ4n) is 5.43. The lowest BCUT2D eigenvalue weighted by Gasteiger charge is -2.08. The second-order valence-electron chi connectivity index (χ2n) is 8.65. The normalized spacial score (nSPS) is 14.1. The molecule has 1 aliphatic rings. The number of hydrogen-bond donors (Lipinski definition) is 0. The molecule has 0 unspecified atom stereocenters. The number of nitrogens with zero attached hydrogens (tertiary/aromatic N) is 1. The zero-order valence-corrected chi connectivity index (χ0v) is 18.7. The Bertz CT molecular complexity index is 1890. The van der Waals surface area contributed by atoms with Crippen LogP contribution >= 0.6 is 0 Å². The first-order valence-corrected chi connectivity index (χ1v) is 12.4. The smallest absolute Gasteiger partial charge is 0.207 e. The first-order chi connectivity index (χ1) is 16.1. The van der Waals surface area contributed by atoms with E-state index in [0.29, 0.717) is 9.79 Å². The van der Waals surface area contributed by atoms with E-state index in [1.54, 1.807) is 12.1 Å². The zero-order valence-electron chi connectivity index (χ0n) is 17.9. The Morgan fingerprint density at radius 1 is 0.606 bits per heavy atom. The molecule has 0 aliphatic carbocycles. The summed E-state index contributed by atoms with van der Waals surface area (Å²) in [6, 6.07) is 32.2. The summed E-state index contributed by atoms with van der Waals surface area (Å²) in [6.45, 7) is 0. The van der Waals surface area contributed by atoms with Gasteiger partial charge in [0.1, 0.15) is 0 Å². The molecule has 0 radical (unpaired) electrons. The Balaban J connectivity index is 1.59. The van der Waals surface area contributed by atoms with Gasteiger partial charge in [0, 0.05) is 40.0 Å². The average molecular weight is 446 g/mol. The summed E-state index contributed by atoms with van der Waals surface area (Å²) >= 11 is 0. The van der Waals surface area contributed by atoms with Gasteiger partial charge in [0.05, 0.1) is 9.79 Å². The average Bonchev–Trinajstić information content (AvgIpc) is 3.28. The summed E-state index contributed by atoms with van der Waals surface area (Å²) in [6.07, 6.45) is 0. The predicted molar refractivity (Wildman–Crippen MR) is 134 cm³/mol. The minimum absolute atomic E-state index is 0.392. The molecule has 7 rings (SSSR count). The van der Waals surface area contributed by atoms with Crippen LogP contribution in [0.2, 0.25) is 0 Å². The lowest BCUT2D eigenvalue weighted by molar-refractivity contribution is 0.598. The Morgan fingerprint density at radius 3 is 2.24 bits per heavy atom. The van der Waals surface area contributed by atoms with Gasteiger partial charge in [-0.05, 0) is 46.2 Å². The van der Waals surface area contributed by atoms with Gasteiger partial charge in [-0.25, -0.2) is 8.42 Å². The number of sulfone groups is 1. The van der Waals surface area contributed by atoms with Crippen molar-refractivity contribution in [3.05, 3.63) is 97.1 Å². The Morgan fingerprint density at radius 2 is 1.33 bits per heavy atom. The molecule has 0 atom stereocenters.